The van der Waals surface area contributed by atoms with Gasteiger partial charge in [0.25, 0.3) is 0 Å². The third kappa shape index (κ3) is 2.43. The topological polar surface area (TPSA) is 84.6 Å². The van der Waals surface area contributed by atoms with Gasteiger partial charge in [-0.05, 0) is 0 Å². The molecule has 0 spiro atoms. The predicted molar refractivity (Wildman–Crippen MR) is 60.2 cm³/mol. The first kappa shape index (κ1) is 12.7. The maximum absolute atomic E-state index is 11.3. The molecule has 0 amide bonds. The van der Waals surface area contributed by atoms with Crippen LogP contribution in [0.1, 0.15) is 18.2 Å². The summed E-state index contributed by atoms with van der Waals surface area (Å²) in [6.45, 7) is 1.44. The Balaban J connectivity index is 2.30. The van der Waals surface area contributed by atoms with Crippen LogP contribution >= 0.6 is 0 Å². The fraction of sp³-hybridized carbons (Fsp3) is 0.600. The number of aryl methyl sites for hydroxylation is 1. The molecule has 2 N–H and O–H groups in total. The molecular weight excluding hydrogens is 291 g/mol. The van der Waals surface area contributed by atoms with E-state index in [2.05, 4.69) is 21.0 Å². The molecule has 3 atom stereocenters. The van der Waals surface area contributed by atoms with Crippen LogP contribution in [-0.4, -0.2) is 54.6 Å². The van der Waals surface area contributed by atoms with Crippen LogP contribution in [0.25, 0.3) is 0 Å². The molecule has 1 aromatic rings. The summed E-state index contributed by atoms with van der Waals surface area (Å²) in [6.07, 6.45) is 0.302. The van der Waals surface area contributed by atoms with Gasteiger partial charge in [-0.1, -0.05) is 0 Å². The number of hydrogen-bond donors (Lipinski definition) is 2. The van der Waals surface area contributed by atoms with E-state index in [-0.39, 0.29) is 12.2 Å². The van der Waals surface area contributed by atoms with Gasteiger partial charge < -0.3 is 0 Å². The second kappa shape index (κ2) is 4.88. The van der Waals surface area contributed by atoms with E-state index in [1.807, 2.05) is 0 Å². The Morgan fingerprint density at radius 2 is 2.41 bits per heavy atom. The molecule has 1 aliphatic heterocycles. The summed E-state index contributed by atoms with van der Waals surface area (Å²) in [5.41, 5.74) is 0.224. The maximum atomic E-state index is 11.3. The van der Waals surface area contributed by atoms with E-state index < -0.39 is 18.4 Å². The quantitative estimate of drug-likeness (QED) is 0.617. The molecule has 3 unspecified atom stereocenters. The van der Waals surface area contributed by atoms with Crippen LogP contribution in [0.4, 0.5) is 0 Å². The molecule has 6 nitrogen and oxygen atoms in total. The van der Waals surface area contributed by atoms with E-state index in [0.717, 1.165) is 0 Å². The van der Waals surface area contributed by atoms with Crippen LogP contribution in [0.3, 0.4) is 0 Å². The van der Waals surface area contributed by atoms with Crippen LogP contribution in [0, 0.1) is 6.92 Å². The first-order valence-electron chi connectivity index (χ1n) is 5.24. The SMILES string of the molecule is Cc1cn(C2CC(O)C(CO)O2)c([Se])nc1=O. The molecule has 1 fully saturated rings. The Morgan fingerprint density at radius 1 is 1.71 bits per heavy atom. The van der Waals surface area contributed by atoms with Gasteiger partial charge in [-0.25, -0.2) is 0 Å². The summed E-state index contributed by atoms with van der Waals surface area (Å²) < 4.78 is 7.56. The van der Waals surface area contributed by atoms with Crippen LogP contribution in [0.15, 0.2) is 11.0 Å². The normalized spacial score (nSPS) is 28.5. The van der Waals surface area contributed by atoms with E-state index >= 15 is 0 Å². The van der Waals surface area contributed by atoms with Gasteiger partial charge >= 0.3 is 106 Å². The summed E-state index contributed by atoms with van der Waals surface area (Å²) >= 11 is 2.69. The van der Waals surface area contributed by atoms with Crippen LogP contribution in [-0.2, 0) is 4.74 Å². The van der Waals surface area contributed by atoms with Crippen molar-refractivity contribution in [2.24, 2.45) is 0 Å². The summed E-state index contributed by atoms with van der Waals surface area (Å²) in [7, 11) is 0. The van der Waals surface area contributed by atoms with Gasteiger partial charge in [0.15, 0.2) is 0 Å². The van der Waals surface area contributed by atoms with Gasteiger partial charge in [0.05, 0.1) is 0 Å². The van der Waals surface area contributed by atoms with Gasteiger partial charge in [-0.2, -0.15) is 0 Å². The number of rotatable bonds is 2. The molecular formula is C10H13N2O4Se. The van der Waals surface area contributed by atoms with Crippen molar-refractivity contribution in [2.45, 2.75) is 31.8 Å². The van der Waals surface area contributed by atoms with Gasteiger partial charge in [0.2, 0.25) is 0 Å². The molecule has 0 saturated carbocycles. The van der Waals surface area contributed by atoms with Crippen molar-refractivity contribution in [1.29, 1.82) is 0 Å². The van der Waals surface area contributed by atoms with Crippen molar-refractivity contribution in [3.63, 3.8) is 0 Å². The molecule has 1 saturated heterocycles. The molecule has 93 valence electrons. The first-order valence-corrected chi connectivity index (χ1v) is 6.09. The standard InChI is InChI=1S/C10H13N2O4Se/c1-5-3-12(10(17)11-9(5)15)8-2-6(14)7(4-13)16-8/h3,6-8,13-14H,2,4H2,1H3. The predicted octanol–water partition coefficient (Wildman–Crippen LogP) is -2.01. The minimum absolute atomic E-state index is 0.229. The van der Waals surface area contributed by atoms with Gasteiger partial charge in [0, 0.05) is 0 Å². The number of aliphatic hydroxyl groups excluding tert-OH is 2. The van der Waals surface area contributed by atoms with Crippen molar-refractivity contribution in [1.82, 2.24) is 9.55 Å². The zero-order valence-electron chi connectivity index (χ0n) is 9.24. The molecule has 1 aliphatic rings. The van der Waals surface area contributed by atoms with Crippen molar-refractivity contribution >= 4 is 20.7 Å². The summed E-state index contributed by atoms with van der Waals surface area (Å²) in [5.74, 6) is 0. The van der Waals surface area contributed by atoms with E-state index in [4.69, 9.17) is 9.84 Å². The molecule has 2 heterocycles. The van der Waals surface area contributed by atoms with Crippen molar-refractivity contribution in [2.75, 3.05) is 6.61 Å². The number of hydrogen-bond acceptors (Lipinski definition) is 5. The average Bonchev–Trinajstić information content (AvgIpc) is 2.65. The number of ether oxygens (including phenoxy) is 1. The Morgan fingerprint density at radius 3 is 3.00 bits per heavy atom. The van der Waals surface area contributed by atoms with Gasteiger partial charge in [-0.15, -0.1) is 0 Å². The van der Waals surface area contributed by atoms with Gasteiger partial charge in [0.1, 0.15) is 0 Å². The molecule has 0 bridgehead atoms. The Kier molecular flexibility index (Phi) is 3.65. The molecule has 2 rings (SSSR count). The summed E-state index contributed by atoms with van der Waals surface area (Å²) in [6, 6.07) is 0. The summed E-state index contributed by atoms with van der Waals surface area (Å²) in [4.78, 5) is 15.1. The number of nitrogens with zero attached hydrogens (tertiary/aromatic N) is 2. The molecule has 1 radical (unpaired) electrons. The van der Waals surface area contributed by atoms with Crippen LogP contribution in [0.5, 0.6) is 0 Å². The molecule has 0 aliphatic carbocycles. The summed E-state index contributed by atoms with van der Waals surface area (Å²) in [5, 5.41) is 18.6. The molecule has 17 heavy (non-hydrogen) atoms. The zero-order valence-corrected chi connectivity index (χ0v) is 11.0. The van der Waals surface area contributed by atoms with E-state index in [9.17, 15) is 9.90 Å². The fourth-order valence-corrected chi connectivity index (χ4v) is 2.34. The Hall–Kier alpha value is -0.721. The average molecular weight is 304 g/mol. The first-order chi connectivity index (χ1) is 8.02. The second-order valence-electron chi connectivity index (χ2n) is 4.03. The third-order valence-corrected chi connectivity index (χ3v) is 3.42. The molecule has 7 heteroatoms. The van der Waals surface area contributed by atoms with Crippen LogP contribution in [0.2, 0.25) is 0 Å². The fourth-order valence-electron chi connectivity index (χ4n) is 1.81. The monoisotopic (exact) mass is 305 g/mol. The van der Waals surface area contributed by atoms with Crippen LogP contribution < -0.4 is 10.3 Å². The number of aromatic nitrogens is 2. The van der Waals surface area contributed by atoms with Crippen molar-refractivity contribution in [3.8, 4) is 0 Å². The van der Waals surface area contributed by atoms with E-state index in [1.165, 1.54) is 0 Å². The third-order valence-electron chi connectivity index (χ3n) is 2.78. The van der Waals surface area contributed by atoms with Gasteiger partial charge in [-0.3, -0.25) is 0 Å². The minimum atomic E-state index is -0.705. The van der Waals surface area contributed by atoms with E-state index in [1.54, 1.807) is 17.7 Å². The molecule has 1 aromatic heterocycles. The Bertz CT molecular complexity index is 476. The zero-order chi connectivity index (χ0) is 12.6. The number of aliphatic hydroxyl groups is 2. The van der Waals surface area contributed by atoms with Crippen molar-refractivity contribution in [3.05, 3.63) is 22.1 Å². The van der Waals surface area contributed by atoms with Crippen molar-refractivity contribution < 1.29 is 14.9 Å². The van der Waals surface area contributed by atoms with E-state index in [0.29, 0.717) is 16.7 Å². The Labute approximate surface area is 106 Å². The molecule has 0 aromatic carbocycles. The second-order valence-corrected chi connectivity index (χ2v) is 4.80.